The second kappa shape index (κ2) is 5.41. The number of aliphatic imine (C=N–C) groups is 1. The molecule has 3 nitrogen and oxygen atoms in total. The topological polar surface area (TPSA) is 41.6 Å². The van der Waals surface area contributed by atoms with Crippen molar-refractivity contribution in [2.24, 2.45) is 10.7 Å². The zero-order chi connectivity index (χ0) is 9.56. The molecule has 0 radical (unpaired) electrons. The molecule has 12 heavy (non-hydrogen) atoms. The fourth-order valence-corrected chi connectivity index (χ4v) is 0.525. The minimum atomic E-state index is 0.725. The van der Waals surface area contributed by atoms with Crippen LogP contribution in [-0.2, 0) is 0 Å². The first-order chi connectivity index (χ1) is 5.61. The third-order valence-corrected chi connectivity index (χ3v) is 1.52. The number of nitrogens with two attached hydrogens (primary N) is 1. The molecule has 0 aromatic rings. The first-order valence-corrected chi connectivity index (χ1v) is 3.92. The van der Waals surface area contributed by atoms with Gasteiger partial charge in [0.2, 0.25) is 0 Å². The molecule has 0 rings (SSSR count). The summed E-state index contributed by atoms with van der Waals surface area (Å²) in [6.45, 7) is 5.79. The van der Waals surface area contributed by atoms with Gasteiger partial charge in [0.15, 0.2) is 0 Å². The maximum atomic E-state index is 5.35. The van der Waals surface area contributed by atoms with Crippen molar-refractivity contribution in [3.63, 3.8) is 0 Å². The predicted octanol–water partition coefficient (Wildman–Crippen LogP) is 1.34. The third kappa shape index (κ3) is 3.81. The minimum absolute atomic E-state index is 0.725. The molecule has 3 heteroatoms. The van der Waals surface area contributed by atoms with Crippen LogP contribution in [0, 0.1) is 0 Å². The van der Waals surface area contributed by atoms with Crippen LogP contribution in [0.5, 0.6) is 0 Å². The average molecular weight is 167 g/mol. The minimum Gasteiger partial charge on any atom is -0.404 e. The van der Waals surface area contributed by atoms with Crippen LogP contribution < -0.4 is 5.73 Å². The Bertz CT molecular complexity index is 202. The van der Waals surface area contributed by atoms with Gasteiger partial charge in [0.25, 0.3) is 0 Å². The summed E-state index contributed by atoms with van der Waals surface area (Å²) in [7, 11) is 3.80. The van der Waals surface area contributed by atoms with Gasteiger partial charge in [-0.05, 0) is 18.2 Å². The van der Waals surface area contributed by atoms with Crippen LogP contribution in [0.15, 0.2) is 29.2 Å². The van der Waals surface area contributed by atoms with E-state index < -0.39 is 0 Å². The summed E-state index contributed by atoms with van der Waals surface area (Å²) in [5.41, 5.74) is 6.36. The fourth-order valence-electron chi connectivity index (χ4n) is 0.525. The molecule has 0 heterocycles. The molecular weight excluding hydrogens is 150 g/mol. The van der Waals surface area contributed by atoms with E-state index in [-0.39, 0.29) is 0 Å². The molecule has 0 atom stereocenters. The highest BCUT2D eigenvalue weighted by molar-refractivity contribution is 5.78. The van der Waals surface area contributed by atoms with Gasteiger partial charge in [-0.1, -0.05) is 13.5 Å². The molecule has 0 unspecified atom stereocenters. The third-order valence-electron chi connectivity index (χ3n) is 1.52. The Hall–Kier alpha value is -1.25. The molecule has 0 aliphatic carbocycles. The molecular formula is C9H17N3. The van der Waals surface area contributed by atoms with Gasteiger partial charge < -0.3 is 10.6 Å². The van der Waals surface area contributed by atoms with Gasteiger partial charge in [-0.25, -0.2) is 4.99 Å². The maximum Gasteiger partial charge on any atom is 0.120 e. The molecule has 0 aromatic carbocycles. The molecule has 0 fully saturated rings. The second-order valence-electron chi connectivity index (χ2n) is 2.66. The lowest BCUT2D eigenvalue weighted by Crippen LogP contribution is -2.08. The van der Waals surface area contributed by atoms with E-state index in [2.05, 4.69) is 11.6 Å². The van der Waals surface area contributed by atoms with Crippen LogP contribution in [0.2, 0.25) is 0 Å². The second-order valence-corrected chi connectivity index (χ2v) is 2.66. The van der Waals surface area contributed by atoms with Crippen molar-refractivity contribution in [1.29, 1.82) is 0 Å². The van der Waals surface area contributed by atoms with Crippen molar-refractivity contribution in [2.45, 2.75) is 13.3 Å². The molecule has 68 valence electrons. The van der Waals surface area contributed by atoms with E-state index in [1.165, 1.54) is 0 Å². The largest absolute Gasteiger partial charge is 0.404 e. The van der Waals surface area contributed by atoms with Crippen LogP contribution in [0.25, 0.3) is 0 Å². The monoisotopic (exact) mass is 167 g/mol. The van der Waals surface area contributed by atoms with Crippen LogP contribution in [-0.4, -0.2) is 25.2 Å². The Kier molecular flexibility index (Phi) is 4.84. The lowest BCUT2D eigenvalue weighted by molar-refractivity contribution is 0.510. The first-order valence-electron chi connectivity index (χ1n) is 3.92. The first kappa shape index (κ1) is 10.8. The Balaban J connectivity index is 4.15. The van der Waals surface area contributed by atoms with Gasteiger partial charge in [0.1, 0.15) is 5.82 Å². The standard InChI is InChI=1S/C9H17N3/c1-5-9(6-10)7-11-8(2)12(3)4/h6-7H,2,5,10H2,1,3-4H3/b9-6-,11-7-. The molecule has 2 N–H and O–H groups in total. The van der Waals surface area contributed by atoms with Crippen molar-refractivity contribution in [3.8, 4) is 0 Å². The number of allylic oxidation sites excluding steroid dienone is 1. The van der Waals surface area contributed by atoms with Gasteiger partial charge in [0, 0.05) is 20.3 Å². The molecule has 0 saturated heterocycles. The predicted molar refractivity (Wildman–Crippen MR) is 53.9 cm³/mol. The molecule has 0 bridgehead atoms. The molecule has 0 saturated carbocycles. The van der Waals surface area contributed by atoms with Gasteiger partial charge in [0.05, 0.1) is 0 Å². The molecule has 0 aliphatic heterocycles. The number of nitrogens with zero attached hydrogens (tertiary/aromatic N) is 2. The molecule has 0 spiro atoms. The Morgan fingerprint density at radius 2 is 2.17 bits per heavy atom. The fraction of sp³-hybridized carbons (Fsp3) is 0.444. The summed E-state index contributed by atoms with van der Waals surface area (Å²) in [6.07, 6.45) is 4.19. The van der Waals surface area contributed by atoms with Crippen LogP contribution in [0.3, 0.4) is 0 Å². The summed E-state index contributed by atoms with van der Waals surface area (Å²) in [4.78, 5) is 5.97. The van der Waals surface area contributed by atoms with E-state index >= 15 is 0 Å². The highest BCUT2D eigenvalue weighted by Crippen LogP contribution is 1.99. The molecule has 0 aromatic heterocycles. The van der Waals surface area contributed by atoms with E-state index in [0.717, 1.165) is 17.8 Å². The van der Waals surface area contributed by atoms with Crippen molar-refractivity contribution < 1.29 is 0 Å². The Morgan fingerprint density at radius 1 is 1.58 bits per heavy atom. The number of hydrogen-bond donors (Lipinski definition) is 1. The summed E-state index contributed by atoms with van der Waals surface area (Å²) in [5.74, 6) is 0.725. The summed E-state index contributed by atoms with van der Waals surface area (Å²) in [6, 6.07) is 0. The van der Waals surface area contributed by atoms with Crippen LogP contribution in [0.1, 0.15) is 13.3 Å². The van der Waals surface area contributed by atoms with Gasteiger partial charge >= 0.3 is 0 Å². The smallest absolute Gasteiger partial charge is 0.120 e. The van der Waals surface area contributed by atoms with E-state index in [4.69, 9.17) is 5.73 Å². The molecule has 0 aliphatic rings. The van der Waals surface area contributed by atoms with E-state index in [0.29, 0.717) is 0 Å². The summed E-state index contributed by atoms with van der Waals surface area (Å²) < 4.78 is 0. The Labute approximate surface area is 74.3 Å². The van der Waals surface area contributed by atoms with E-state index in [1.54, 1.807) is 12.4 Å². The zero-order valence-electron chi connectivity index (χ0n) is 8.04. The van der Waals surface area contributed by atoms with Crippen molar-refractivity contribution >= 4 is 6.21 Å². The number of hydrogen-bond acceptors (Lipinski definition) is 3. The quantitative estimate of drug-likeness (QED) is 0.642. The zero-order valence-corrected chi connectivity index (χ0v) is 8.04. The lowest BCUT2D eigenvalue weighted by Gasteiger charge is -2.09. The average Bonchev–Trinajstić information content (AvgIpc) is 2.05. The van der Waals surface area contributed by atoms with E-state index in [1.807, 2.05) is 25.9 Å². The maximum absolute atomic E-state index is 5.35. The van der Waals surface area contributed by atoms with Gasteiger partial charge in [-0.3, -0.25) is 0 Å². The van der Waals surface area contributed by atoms with Gasteiger partial charge in [-0.15, -0.1) is 0 Å². The van der Waals surface area contributed by atoms with E-state index in [9.17, 15) is 0 Å². The summed E-state index contributed by atoms with van der Waals surface area (Å²) in [5, 5.41) is 0. The summed E-state index contributed by atoms with van der Waals surface area (Å²) >= 11 is 0. The van der Waals surface area contributed by atoms with Crippen molar-refractivity contribution in [1.82, 2.24) is 4.90 Å². The Morgan fingerprint density at radius 3 is 2.50 bits per heavy atom. The molecule has 0 amide bonds. The highest BCUT2D eigenvalue weighted by Gasteiger charge is 1.91. The van der Waals surface area contributed by atoms with Crippen molar-refractivity contribution in [3.05, 3.63) is 24.2 Å². The SMILES string of the molecule is C=C(/N=C\C(=C/N)CC)N(C)C. The lowest BCUT2D eigenvalue weighted by atomic mass is 10.2. The van der Waals surface area contributed by atoms with Gasteiger partial charge in [-0.2, -0.15) is 0 Å². The normalized spacial score (nSPS) is 12.1. The highest BCUT2D eigenvalue weighted by atomic mass is 15.2. The van der Waals surface area contributed by atoms with Crippen LogP contribution in [0.4, 0.5) is 0 Å². The van der Waals surface area contributed by atoms with Crippen molar-refractivity contribution in [2.75, 3.05) is 14.1 Å². The van der Waals surface area contributed by atoms with Crippen LogP contribution >= 0.6 is 0 Å². The number of rotatable bonds is 4.